The molecule has 2 amide bonds. The highest BCUT2D eigenvalue weighted by atomic mass is 19.1. The van der Waals surface area contributed by atoms with Crippen molar-refractivity contribution < 1.29 is 23.4 Å². The lowest BCUT2D eigenvalue weighted by atomic mass is 10.1. The topological polar surface area (TPSA) is 68.8 Å². The third-order valence-corrected chi connectivity index (χ3v) is 4.21. The highest BCUT2D eigenvalue weighted by molar-refractivity contribution is 5.90. The predicted octanol–water partition coefficient (Wildman–Crippen LogP) is 2.54. The van der Waals surface area contributed by atoms with Gasteiger partial charge < -0.3 is 24.8 Å². The zero-order valence-electron chi connectivity index (χ0n) is 13.6. The van der Waals surface area contributed by atoms with Gasteiger partial charge in [0.15, 0.2) is 0 Å². The lowest BCUT2D eigenvalue weighted by Gasteiger charge is -2.16. The van der Waals surface area contributed by atoms with E-state index in [1.54, 1.807) is 0 Å². The number of nitrogens with one attached hydrogen (secondary N) is 2. The predicted molar refractivity (Wildman–Crippen MR) is 86.8 cm³/mol. The molecule has 1 aromatic rings. The van der Waals surface area contributed by atoms with Crippen LogP contribution in [0.2, 0.25) is 0 Å². The standard InChI is InChI=1S/C17H23FN2O4/c18-13-3-4-16(24-11-14-2-1-6-23-14)15(8-13)20-17(21)19-9-12-5-7-22-10-12/h3-4,8,12,14H,1-2,5-7,9-11H2,(H2,19,20,21)/t12-,14+/m1/s1. The maximum atomic E-state index is 13.5. The van der Waals surface area contributed by atoms with Gasteiger partial charge in [-0.3, -0.25) is 0 Å². The molecule has 7 heteroatoms. The fourth-order valence-electron chi connectivity index (χ4n) is 2.83. The number of hydrogen-bond donors (Lipinski definition) is 2. The Morgan fingerprint density at radius 2 is 2.25 bits per heavy atom. The molecule has 1 aromatic carbocycles. The molecule has 2 saturated heterocycles. The summed E-state index contributed by atoms with van der Waals surface area (Å²) >= 11 is 0. The average molecular weight is 338 g/mol. The van der Waals surface area contributed by atoms with E-state index in [-0.39, 0.29) is 12.1 Å². The van der Waals surface area contributed by atoms with Crippen molar-refractivity contribution in [3.05, 3.63) is 24.0 Å². The van der Waals surface area contributed by atoms with Crippen LogP contribution >= 0.6 is 0 Å². The molecule has 2 heterocycles. The van der Waals surface area contributed by atoms with E-state index >= 15 is 0 Å². The molecule has 6 nitrogen and oxygen atoms in total. The Hall–Kier alpha value is -1.86. The van der Waals surface area contributed by atoms with Gasteiger partial charge >= 0.3 is 6.03 Å². The van der Waals surface area contributed by atoms with Gasteiger partial charge in [0, 0.05) is 31.7 Å². The average Bonchev–Trinajstić information content (AvgIpc) is 3.26. The molecule has 2 N–H and O–H groups in total. The SMILES string of the molecule is O=C(NC[C@H]1CCOC1)Nc1cc(F)ccc1OC[C@@H]1CCCO1. The molecular formula is C17H23FN2O4. The summed E-state index contributed by atoms with van der Waals surface area (Å²) in [7, 11) is 0. The van der Waals surface area contributed by atoms with Crippen molar-refractivity contribution >= 4 is 11.7 Å². The smallest absolute Gasteiger partial charge is 0.319 e. The number of carbonyl (C=O) groups excluding carboxylic acids is 1. The number of hydrogen-bond acceptors (Lipinski definition) is 4. The molecule has 132 valence electrons. The Bertz CT molecular complexity index is 558. The molecule has 2 aliphatic heterocycles. The Morgan fingerprint density at radius 1 is 1.33 bits per heavy atom. The molecule has 0 aliphatic carbocycles. The molecule has 0 saturated carbocycles. The van der Waals surface area contributed by atoms with Gasteiger partial charge in [0.25, 0.3) is 0 Å². The van der Waals surface area contributed by atoms with E-state index in [0.717, 1.165) is 32.5 Å². The highest BCUT2D eigenvalue weighted by Gasteiger charge is 2.19. The van der Waals surface area contributed by atoms with Gasteiger partial charge in [-0.05, 0) is 31.4 Å². The minimum atomic E-state index is -0.432. The fourth-order valence-corrected chi connectivity index (χ4v) is 2.83. The van der Waals surface area contributed by atoms with Crippen molar-refractivity contribution in [1.29, 1.82) is 0 Å². The van der Waals surface area contributed by atoms with Gasteiger partial charge in [-0.25, -0.2) is 9.18 Å². The molecule has 2 fully saturated rings. The van der Waals surface area contributed by atoms with Crippen LogP contribution in [0.25, 0.3) is 0 Å². The second-order valence-electron chi connectivity index (χ2n) is 6.15. The molecule has 0 unspecified atom stereocenters. The third kappa shape index (κ3) is 4.82. The summed E-state index contributed by atoms with van der Waals surface area (Å²) in [6.45, 7) is 3.07. The summed E-state index contributed by atoms with van der Waals surface area (Å²) in [6, 6.07) is 3.70. The number of ether oxygens (including phenoxy) is 3. The minimum absolute atomic E-state index is 0.0547. The van der Waals surface area contributed by atoms with Gasteiger partial charge in [0.1, 0.15) is 18.2 Å². The molecule has 2 atom stereocenters. The lowest BCUT2D eigenvalue weighted by molar-refractivity contribution is 0.0682. The molecule has 0 aromatic heterocycles. The molecule has 2 aliphatic rings. The third-order valence-electron chi connectivity index (χ3n) is 4.21. The second-order valence-corrected chi connectivity index (χ2v) is 6.15. The summed E-state index contributed by atoms with van der Waals surface area (Å²) < 4.78 is 30.0. The van der Waals surface area contributed by atoms with Crippen molar-refractivity contribution in [2.24, 2.45) is 5.92 Å². The van der Waals surface area contributed by atoms with E-state index in [9.17, 15) is 9.18 Å². The number of anilines is 1. The van der Waals surface area contributed by atoms with E-state index in [0.29, 0.717) is 37.1 Å². The van der Waals surface area contributed by atoms with Crippen molar-refractivity contribution in [3.63, 3.8) is 0 Å². The summed E-state index contributed by atoms with van der Waals surface area (Å²) in [5.74, 6) is 0.337. The normalized spacial score (nSPS) is 23.2. The van der Waals surface area contributed by atoms with Crippen LogP contribution < -0.4 is 15.4 Å². The second kappa shape index (κ2) is 8.30. The van der Waals surface area contributed by atoms with Gasteiger partial charge in [0.2, 0.25) is 0 Å². The van der Waals surface area contributed by atoms with Gasteiger partial charge in [-0.15, -0.1) is 0 Å². The van der Waals surface area contributed by atoms with Gasteiger partial charge in [0.05, 0.1) is 18.4 Å². The maximum Gasteiger partial charge on any atom is 0.319 e. The zero-order valence-corrected chi connectivity index (χ0v) is 13.6. The first-order valence-corrected chi connectivity index (χ1v) is 8.37. The zero-order chi connectivity index (χ0) is 16.8. The van der Waals surface area contributed by atoms with E-state index in [1.807, 2.05) is 0 Å². The molecule has 0 spiro atoms. The molecule has 0 bridgehead atoms. The molecular weight excluding hydrogens is 315 g/mol. The van der Waals surface area contributed by atoms with Crippen LogP contribution in [0.15, 0.2) is 18.2 Å². The number of halogens is 1. The Kier molecular flexibility index (Phi) is 5.87. The van der Waals surface area contributed by atoms with Crippen LogP contribution in [0.3, 0.4) is 0 Å². The van der Waals surface area contributed by atoms with Crippen molar-refractivity contribution in [3.8, 4) is 5.75 Å². The first kappa shape index (κ1) is 17.0. The van der Waals surface area contributed by atoms with Crippen LogP contribution in [0.4, 0.5) is 14.9 Å². The van der Waals surface area contributed by atoms with E-state index in [1.165, 1.54) is 18.2 Å². The van der Waals surface area contributed by atoms with Crippen molar-refractivity contribution in [2.75, 3.05) is 38.3 Å². The van der Waals surface area contributed by atoms with Crippen LogP contribution in [0.1, 0.15) is 19.3 Å². The van der Waals surface area contributed by atoms with Crippen LogP contribution in [0.5, 0.6) is 5.75 Å². The molecule has 0 radical (unpaired) electrons. The summed E-state index contributed by atoms with van der Waals surface area (Å²) in [4.78, 5) is 12.0. The monoisotopic (exact) mass is 338 g/mol. The largest absolute Gasteiger partial charge is 0.489 e. The molecule has 3 rings (SSSR count). The van der Waals surface area contributed by atoms with Crippen molar-refractivity contribution in [2.45, 2.75) is 25.4 Å². The van der Waals surface area contributed by atoms with Gasteiger partial charge in [-0.1, -0.05) is 0 Å². The lowest BCUT2D eigenvalue weighted by Crippen LogP contribution is -2.33. The Balaban J connectivity index is 1.54. The minimum Gasteiger partial charge on any atom is -0.489 e. The number of amides is 2. The van der Waals surface area contributed by atoms with Crippen LogP contribution in [0, 0.1) is 11.7 Å². The first-order chi connectivity index (χ1) is 11.7. The maximum absolute atomic E-state index is 13.5. The summed E-state index contributed by atoms with van der Waals surface area (Å²) in [5.41, 5.74) is 0.313. The van der Waals surface area contributed by atoms with E-state index < -0.39 is 5.82 Å². The summed E-state index contributed by atoms with van der Waals surface area (Å²) in [6.07, 6.45) is 2.97. The van der Waals surface area contributed by atoms with Gasteiger partial charge in [-0.2, -0.15) is 0 Å². The molecule has 24 heavy (non-hydrogen) atoms. The fraction of sp³-hybridized carbons (Fsp3) is 0.588. The van der Waals surface area contributed by atoms with E-state index in [2.05, 4.69) is 10.6 Å². The number of benzene rings is 1. The number of rotatable bonds is 6. The Morgan fingerprint density at radius 3 is 3.00 bits per heavy atom. The van der Waals surface area contributed by atoms with Crippen LogP contribution in [-0.2, 0) is 9.47 Å². The first-order valence-electron chi connectivity index (χ1n) is 8.37. The van der Waals surface area contributed by atoms with Crippen LogP contribution in [-0.4, -0.2) is 45.1 Å². The van der Waals surface area contributed by atoms with Crippen molar-refractivity contribution in [1.82, 2.24) is 5.32 Å². The van der Waals surface area contributed by atoms with E-state index in [4.69, 9.17) is 14.2 Å². The highest BCUT2D eigenvalue weighted by Crippen LogP contribution is 2.26. The summed E-state index contributed by atoms with van der Waals surface area (Å²) in [5, 5.41) is 5.44. The number of urea groups is 1. The Labute approximate surface area is 140 Å². The number of carbonyl (C=O) groups is 1. The quantitative estimate of drug-likeness (QED) is 0.836.